The number of amides is 1. The second kappa shape index (κ2) is 10.8. The Hall–Kier alpha value is -3.54. The number of nitrogen functional groups attached to an aromatic ring is 1. The van der Waals surface area contributed by atoms with Crippen LogP contribution in [0.25, 0.3) is 5.57 Å². The van der Waals surface area contributed by atoms with E-state index in [-0.39, 0.29) is 18.0 Å². The minimum Gasteiger partial charge on any atom is -0.399 e. The number of piperidine rings is 1. The van der Waals surface area contributed by atoms with Crippen LogP contribution in [0.3, 0.4) is 0 Å². The molecule has 1 aliphatic rings. The zero-order chi connectivity index (χ0) is 24.9. The number of hydrogen-bond donors (Lipinski definition) is 2. The first-order chi connectivity index (χ1) is 16.8. The molecule has 3 N–H and O–H groups in total. The maximum absolute atomic E-state index is 13.2. The standard InChI is InChI=1S/C29H37N5O/c1-20(2)34(21(3)4)29(35)23-13-11-22(12-14-23)28(24-8-7-9-25(30)18-24)26-10-5-6-17-33(26)19-27-31-15-16-32-27/h7-9,11-16,18,20-21H,5-6,10,17,19,30H2,1-4H3,(H,31,32). The van der Waals surface area contributed by atoms with E-state index < -0.39 is 0 Å². The lowest BCUT2D eigenvalue weighted by molar-refractivity contribution is 0.0643. The van der Waals surface area contributed by atoms with E-state index in [9.17, 15) is 4.79 Å². The fraction of sp³-hybridized carbons (Fsp3) is 0.379. The number of nitrogens with one attached hydrogen (secondary N) is 1. The third-order valence-electron chi connectivity index (χ3n) is 6.60. The van der Waals surface area contributed by atoms with Crippen molar-refractivity contribution >= 4 is 17.2 Å². The summed E-state index contributed by atoms with van der Waals surface area (Å²) in [6, 6.07) is 16.5. The number of H-pyrrole nitrogens is 1. The molecule has 1 aromatic heterocycles. The number of rotatable bonds is 7. The number of aromatic nitrogens is 2. The number of nitrogens with two attached hydrogens (primary N) is 1. The summed E-state index contributed by atoms with van der Waals surface area (Å²) in [5.74, 6) is 1.02. The van der Waals surface area contributed by atoms with E-state index in [1.165, 1.54) is 11.3 Å². The SMILES string of the molecule is CC(C)N(C(=O)c1ccc(C(=C2CCCCN2Cc2ncc[nH]2)c2cccc(N)c2)cc1)C(C)C. The Bertz CT molecular complexity index is 1150. The first-order valence-electron chi connectivity index (χ1n) is 12.6. The van der Waals surface area contributed by atoms with Gasteiger partial charge in [-0.05, 0) is 82.3 Å². The first kappa shape index (κ1) is 24.6. The van der Waals surface area contributed by atoms with Crippen molar-refractivity contribution in [1.29, 1.82) is 0 Å². The molecule has 1 fully saturated rings. The van der Waals surface area contributed by atoms with Crippen molar-refractivity contribution in [2.24, 2.45) is 0 Å². The van der Waals surface area contributed by atoms with Crippen LogP contribution in [0.2, 0.25) is 0 Å². The summed E-state index contributed by atoms with van der Waals surface area (Å²) in [5, 5.41) is 0. The maximum atomic E-state index is 13.2. The smallest absolute Gasteiger partial charge is 0.254 e. The highest BCUT2D eigenvalue weighted by Crippen LogP contribution is 2.35. The lowest BCUT2D eigenvalue weighted by atomic mass is 9.90. The highest BCUT2D eigenvalue weighted by Gasteiger charge is 2.24. The van der Waals surface area contributed by atoms with Crippen LogP contribution in [-0.2, 0) is 6.54 Å². The maximum Gasteiger partial charge on any atom is 0.254 e. The third-order valence-corrected chi connectivity index (χ3v) is 6.60. The van der Waals surface area contributed by atoms with Crippen LogP contribution < -0.4 is 5.73 Å². The molecule has 6 nitrogen and oxygen atoms in total. The molecule has 0 unspecified atom stereocenters. The minimum absolute atomic E-state index is 0.0665. The molecule has 1 aliphatic heterocycles. The largest absolute Gasteiger partial charge is 0.399 e. The number of carbonyl (C=O) groups excluding carboxylic acids is 1. The molecule has 3 aromatic rings. The van der Waals surface area contributed by atoms with E-state index in [1.54, 1.807) is 6.20 Å². The molecule has 0 bridgehead atoms. The van der Waals surface area contributed by atoms with Crippen LogP contribution in [0, 0.1) is 0 Å². The summed E-state index contributed by atoms with van der Waals surface area (Å²) in [5.41, 5.74) is 12.3. The second-order valence-corrected chi connectivity index (χ2v) is 9.84. The van der Waals surface area contributed by atoms with Gasteiger partial charge in [0, 0.05) is 53.5 Å². The summed E-state index contributed by atoms with van der Waals surface area (Å²) < 4.78 is 0. The molecular formula is C29H37N5O. The predicted molar refractivity (Wildman–Crippen MR) is 143 cm³/mol. The molecule has 0 saturated carbocycles. The monoisotopic (exact) mass is 471 g/mol. The minimum atomic E-state index is 0.0665. The Morgan fingerprint density at radius 1 is 1.03 bits per heavy atom. The van der Waals surface area contributed by atoms with Crippen LogP contribution >= 0.6 is 0 Å². The number of imidazole rings is 1. The average Bonchev–Trinajstić information content (AvgIpc) is 3.33. The van der Waals surface area contributed by atoms with Gasteiger partial charge in [0.05, 0.1) is 6.54 Å². The number of carbonyl (C=O) groups is 1. The van der Waals surface area contributed by atoms with Crippen molar-refractivity contribution in [1.82, 2.24) is 19.8 Å². The Morgan fingerprint density at radius 3 is 2.37 bits per heavy atom. The zero-order valence-electron chi connectivity index (χ0n) is 21.3. The van der Waals surface area contributed by atoms with Gasteiger partial charge in [-0.15, -0.1) is 0 Å². The highest BCUT2D eigenvalue weighted by atomic mass is 16.2. The lowest BCUT2D eigenvalue weighted by Gasteiger charge is -2.34. The quantitative estimate of drug-likeness (QED) is 0.434. The van der Waals surface area contributed by atoms with Gasteiger partial charge in [0.1, 0.15) is 5.82 Å². The van der Waals surface area contributed by atoms with E-state index in [0.29, 0.717) is 5.56 Å². The fourth-order valence-electron chi connectivity index (χ4n) is 5.10. The van der Waals surface area contributed by atoms with Crippen molar-refractivity contribution in [3.8, 4) is 0 Å². The van der Waals surface area contributed by atoms with Crippen LogP contribution in [0.4, 0.5) is 5.69 Å². The van der Waals surface area contributed by atoms with E-state index in [0.717, 1.165) is 55.0 Å². The normalized spacial score (nSPS) is 15.5. The number of aromatic amines is 1. The molecule has 0 aliphatic carbocycles. The van der Waals surface area contributed by atoms with Gasteiger partial charge in [-0.1, -0.05) is 24.3 Å². The average molecular weight is 472 g/mol. The first-order valence-corrected chi connectivity index (χ1v) is 12.6. The molecule has 0 radical (unpaired) electrons. The summed E-state index contributed by atoms with van der Waals surface area (Å²) in [7, 11) is 0. The van der Waals surface area contributed by atoms with Crippen molar-refractivity contribution in [3.63, 3.8) is 0 Å². The highest BCUT2D eigenvalue weighted by molar-refractivity contribution is 5.95. The van der Waals surface area contributed by atoms with Crippen molar-refractivity contribution in [2.75, 3.05) is 12.3 Å². The third kappa shape index (κ3) is 5.59. The lowest BCUT2D eigenvalue weighted by Crippen LogP contribution is -2.42. The predicted octanol–water partition coefficient (Wildman–Crippen LogP) is 5.70. The van der Waals surface area contributed by atoms with Gasteiger partial charge < -0.3 is 20.5 Å². The van der Waals surface area contributed by atoms with Gasteiger partial charge in [-0.25, -0.2) is 4.98 Å². The van der Waals surface area contributed by atoms with Gasteiger partial charge in [0.2, 0.25) is 0 Å². The van der Waals surface area contributed by atoms with Crippen LogP contribution in [0.5, 0.6) is 0 Å². The number of allylic oxidation sites excluding steroid dienone is 1. The van der Waals surface area contributed by atoms with E-state index in [4.69, 9.17) is 5.73 Å². The molecule has 0 spiro atoms. The zero-order valence-corrected chi connectivity index (χ0v) is 21.3. The molecule has 184 valence electrons. The van der Waals surface area contributed by atoms with E-state index >= 15 is 0 Å². The molecule has 2 heterocycles. The summed E-state index contributed by atoms with van der Waals surface area (Å²) in [4.78, 5) is 25.3. The van der Waals surface area contributed by atoms with Gasteiger partial charge >= 0.3 is 0 Å². The Kier molecular flexibility index (Phi) is 7.59. The Balaban J connectivity index is 1.77. The fourth-order valence-corrected chi connectivity index (χ4v) is 5.10. The number of likely N-dealkylation sites (tertiary alicyclic amines) is 1. The van der Waals surface area contributed by atoms with Crippen LogP contribution in [-0.4, -0.2) is 44.3 Å². The molecule has 1 amide bonds. The molecular weight excluding hydrogens is 434 g/mol. The molecule has 2 aromatic carbocycles. The molecule has 6 heteroatoms. The number of benzene rings is 2. The summed E-state index contributed by atoms with van der Waals surface area (Å²) >= 11 is 0. The number of anilines is 1. The van der Waals surface area contributed by atoms with Crippen molar-refractivity contribution in [3.05, 3.63) is 89.1 Å². The number of hydrogen-bond acceptors (Lipinski definition) is 4. The second-order valence-electron chi connectivity index (χ2n) is 9.84. The Morgan fingerprint density at radius 2 is 1.74 bits per heavy atom. The number of nitrogens with zero attached hydrogens (tertiary/aromatic N) is 3. The molecule has 4 rings (SSSR count). The van der Waals surface area contributed by atoms with Crippen LogP contribution in [0.1, 0.15) is 74.3 Å². The van der Waals surface area contributed by atoms with E-state index in [1.807, 2.05) is 41.4 Å². The van der Waals surface area contributed by atoms with Crippen molar-refractivity contribution < 1.29 is 4.79 Å². The van der Waals surface area contributed by atoms with Gasteiger partial charge in [0.25, 0.3) is 5.91 Å². The van der Waals surface area contributed by atoms with Gasteiger partial charge in [-0.2, -0.15) is 0 Å². The van der Waals surface area contributed by atoms with Crippen LogP contribution in [0.15, 0.2) is 66.6 Å². The van der Waals surface area contributed by atoms with Gasteiger partial charge in [0.15, 0.2) is 0 Å². The molecule has 1 saturated heterocycles. The topological polar surface area (TPSA) is 78.2 Å². The molecule has 35 heavy (non-hydrogen) atoms. The Labute approximate surface area is 208 Å². The summed E-state index contributed by atoms with van der Waals surface area (Å²) in [6.45, 7) is 9.96. The van der Waals surface area contributed by atoms with E-state index in [2.05, 4.69) is 60.8 Å². The van der Waals surface area contributed by atoms with Gasteiger partial charge in [-0.3, -0.25) is 4.79 Å². The summed E-state index contributed by atoms with van der Waals surface area (Å²) in [6.07, 6.45) is 6.95. The van der Waals surface area contributed by atoms with Crippen molar-refractivity contribution in [2.45, 2.75) is 65.6 Å². The molecule has 0 atom stereocenters.